The van der Waals surface area contributed by atoms with Crippen molar-refractivity contribution in [3.8, 4) is 78.7 Å². The van der Waals surface area contributed by atoms with Crippen LogP contribution in [0.25, 0.3) is 84.0 Å². The van der Waals surface area contributed by atoms with Crippen LogP contribution in [0.15, 0.2) is 152 Å². The molecule has 9 aromatic rings. The van der Waals surface area contributed by atoms with Crippen LogP contribution in [0.5, 0.6) is 5.75 Å². The minimum atomic E-state index is 0. The molecule has 5 heteroatoms. The summed E-state index contributed by atoms with van der Waals surface area (Å²) < 4.78 is 2.29. The smallest absolute Gasteiger partial charge is 0.163 e. The average molecular weight is 1000 g/mol. The number of hydrogen-bond donors (Lipinski definition) is 1. The maximum Gasteiger partial charge on any atom is 0.163 e. The van der Waals surface area contributed by atoms with Gasteiger partial charge in [-0.25, -0.2) is 9.97 Å². The van der Waals surface area contributed by atoms with Gasteiger partial charge in [0.2, 0.25) is 0 Å². The largest absolute Gasteiger partial charge is 0.507 e. The molecule has 0 spiro atoms. The number of hydrogen-bond acceptors (Lipinski definition) is 3. The van der Waals surface area contributed by atoms with Gasteiger partial charge >= 0.3 is 0 Å². The predicted molar refractivity (Wildman–Crippen MR) is 257 cm³/mol. The molecule has 1 aliphatic rings. The molecule has 0 bridgehead atoms. The number of benzene rings is 7. The summed E-state index contributed by atoms with van der Waals surface area (Å²) in [6, 6.07) is 58.0. The number of para-hydroxylation sites is 2. The SMILES string of the molecule is Cc1cccc(C)c1-n1c(-c2ccc3c(n2)-c2c(O)cccc2CC3)nc2c(-c3[c-]c(-c4c(-c5ccccc5)cccc4-c4cc(C(C)C)cc(C(C)C)c4)ccc3)cccc21.[Pt]. The summed E-state index contributed by atoms with van der Waals surface area (Å²) >= 11 is 0. The molecule has 63 heavy (non-hydrogen) atoms. The van der Waals surface area contributed by atoms with Crippen LogP contribution in [0.3, 0.4) is 0 Å². The topological polar surface area (TPSA) is 50.9 Å². The first-order chi connectivity index (χ1) is 30.1. The molecule has 10 rings (SSSR count). The number of rotatable bonds is 8. The van der Waals surface area contributed by atoms with Gasteiger partial charge < -0.3 is 5.11 Å². The van der Waals surface area contributed by atoms with Gasteiger partial charge in [-0.05, 0) is 112 Å². The molecule has 2 heterocycles. The van der Waals surface area contributed by atoms with Crippen molar-refractivity contribution in [2.75, 3.05) is 0 Å². The quantitative estimate of drug-likeness (QED) is 0.154. The summed E-state index contributed by atoms with van der Waals surface area (Å²) in [6.07, 6.45) is 1.75. The average Bonchev–Trinajstić information content (AvgIpc) is 3.68. The van der Waals surface area contributed by atoms with Gasteiger partial charge in [-0.1, -0.05) is 154 Å². The van der Waals surface area contributed by atoms with Crippen molar-refractivity contribution in [1.82, 2.24) is 14.5 Å². The summed E-state index contributed by atoms with van der Waals surface area (Å²) in [4.78, 5) is 10.9. The van der Waals surface area contributed by atoms with Crippen molar-refractivity contribution in [3.63, 3.8) is 0 Å². The van der Waals surface area contributed by atoms with E-state index in [1.807, 2.05) is 6.07 Å². The number of fused-ring (bicyclic) bond motifs is 4. The third-order valence-corrected chi connectivity index (χ3v) is 12.7. The Balaban J connectivity index is 0.00000504. The Hall–Kier alpha value is -6.35. The van der Waals surface area contributed by atoms with E-state index >= 15 is 0 Å². The molecule has 0 atom stereocenters. The molecule has 0 fully saturated rings. The Labute approximate surface area is 385 Å². The Kier molecular flexibility index (Phi) is 11.4. The molecule has 1 N–H and O–H groups in total. The van der Waals surface area contributed by atoms with Gasteiger partial charge in [-0.15, -0.1) is 35.4 Å². The Bertz CT molecular complexity index is 3130. The van der Waals surface area contributed by atoms with E-state index in [1.54, 1.807) is 6.07 Å². The third kappa shape index (κ3) is 7.55. The molecule has 314 valence electrons. The number of nitrogens with zero attached hydrogens (tertiary/aromatic N) is 3. The van der Waals surface area contributed by atoms with E-state index in [4.69, 9.17) is 9.97 Å². The monoisotopic (exact) mass is 999 g/mol. The van der Waals surface area contributed by atoms with Crippen LogP contribution in [0, 0.1) is 19.9 Å². The van der Waals surface area contributed by atoms with Crippen molar-refractivity contribution < 1.29 is 26.2 Å². The summed E-state index contributed by atoms with van der Waals surface area (Å²) in [5, 5.41) is 11.1. The van der Waals surface area contributed by atoms with Crippen molar-refractivity contribution in [2.24, 2.45) is 0 Å². The van der Waals surface area contributed by atoms with Crippen molar-refractivity contribution >= 4 is 11.0 Å². The van der Waals surface area contributed by atoms with E-state index in [0.29, 0.717) is 11.8 Å². The molecule has 4 nitrogen and oxygen atoms in total. The molecule has 0 aliphatic heterocycles. The molecule has 0 unspecified atom stereocenters. The molecular weight excluding hydrogens is 950 g/mol. The molecule has 0 amide bonds. The first-order valence-electron chi connectivity index (χ1n) is 21.9. The maximum atomic E-state index is 11.1. The fourth-order valence-electron chi connectivity index (χ4n) is 9.45. The van der Waals surface area contributed by atoms with Crippen LogP contribution in [-0.2, 0) is 33.9 Å². The zero-order valence-electron chi connectivity index (χ0n) is 36.6. The maximum absolute atomic E-state index is 11.1. The van der Waals surface area contributed by atoms with Gasteiger partial charge in [0.15, 0.2) is 5.82 Å². The number of aromatic hydroxyl groups is 1. The second-order valence-corrected chi connectivity index (χ2v) is 17.5. The van der Waals surface area contributed by atoms with E-state index in [9.17, 15) is 5.11 Å². The summed E-state index contributed by atoms with van der Waals surface area (Å²) in [5.41, 5.74) is 21.5. The standard InChI is InChI=1S/C58H50N3O.Pt/c1-35(2)44-32-45(36(3)4)34-46(33-44)48-23-13-22-47(39-17-8-7-9-18-39)53(48)43-21-11-20-42(31-43)49-24-14-25-51-56(49)60-58(61(51)57-37(5)15-10-16-38(57)6)50-30-29-41-28-27-40-19-12-26-52(62)54(40)55(41)59-50;/h7-26,29-30,32-36,62H,27-28H2,1-6H3;/q-1;. The first-order valence-corrected chi connectivity index (χ1v) is 21.9. The molecule has 2 aromatic heterocycles. The number of phenolic OH excluding ortho intramolecular Hbond substituents is 1. The Morgan fingerprint density at radius 3 is 1.90 bits per heavy atom. The molecule has 0 saturated heterocycles. The third-order valence-electron chi connectivity index (χ3n) is 12.7. The predicted octanol–water partition coefficient (Wildman–Crippen LogP) is 14.9. The molecule has 7 aromatic carbocycles. The van der Waals surface area contributed by atoms with Gasteiger partial charge in [0, 0.05) is 26.6 Å². The van der Waals surface area contributed by atoms with Gasteiger partial charge in [0.05, 0.1) is 22.4 Å². The van der Waals surface area contributed by atoms with E-state index in [0.717, 1.165) is 96.8 Å². The van der Waals surface area contributed by atoms with Gasteiger partial charge in [0.1, 0.15) is 11.4 Å². The molecule has 0 saturated carbocycles. The van der Waals surface area contributed by atoms with Crippen molar-refractivity contribution in [1.29, 1.82) is 0 Å². The fourth-order valence-corrected chi connectivity index (χ4v) is 9.45. The zero-order chi connectivity index (χ0) is 42.6. The molecule has 0 radical (unpaired) electrons. The number of imidazole rings is 1. The van der Waals surface area contributed by atoms with E-state index in [2.05, 4.69) is 192 Å². The minimum Gasteiger partial charge on any atom is -0.507 e. The number of aromatic nitrogens is 3. The summed E-state index contributed by atoms with van der Waals surface area (Å²) in [7, 11) is 0. The second-order valence-electron chi connectivity index (χ2n) is 17.5. The summed E-state index contributed by atoms with van der Waals surface area (Å²) in [5.74, 6) is 1.82. The van der Waals surface area contributed by atoms with Crippen LogP contribution < -0.4 is 0 Å². The van der Waals surface area contributed by atoms with E-state index in [1.165, 1.54) is 33.4 Å². The van der Waals surface area contributed by atoms with E-state index < -0.39 is 0 Å². The fraction of sp³-hybridized carbons (Fsp3) is 0.172. The molecule has 1 aliphatic carbocycles. The van der Waals surface area contributed by atoms with Gasteiger partial charge in [-0.2, -0.15) is 0 Å². The number of pyridine rings is 1. The van der Waals surface area contributed by atoms with Crippen LogP contribution in [-0.4, -0.2) is 19.6 Å². The zero-order valence-corrected chi connectivity index (χ0v) is 38.9. The van der Waals surface area contributed by atoms with Gasteiger partial charge in [-0.3, -0.25) is 4.57 Å². The normalized spacial score (nSPS) is 12.1. The first kappa shape index (κ1) is 42.0. The Morgan fingerprint density at radius 2 is 1.17 bits per heavy atom. The van der Waals surface area contributed by atoms with Crippen LogP contribution in [0.2, 0.25) is 0 Å². The number of aryl methyl sites for hydroxylation is 4. The minimum absolute atomic E-state index is 0. The second kappa shape index (κ2) is 17.1. The van der Waals surface area contributed by atoms with Crippen molar-refractivity contribution in [2.45, 2.75) is 66.2 Å². The van der Waals surface area contributed by atoms with Crippen LogP contribution in [0.1, 0.15) is 72.9 Å². The van der Waals surface area contributed by atoms with Crippen LogP contribution >= 0.6 is 0 Å². The van der Waals surface area contributed by atoms with Gasteiger partial charge in [0.25, 0.3) is 0 Å². The Morgan fingerprint density at radius 1 is 0.556 bits per heavy atom. The molecular formula is C58H50N3OPt-. The van der Waals surface area contributed by atoms with E-state index in [-0.39, 0.29) is 26.8 Å². The van der Waals surface area contributed by atoms with Crippen molar-refractivity contribution in [3.05, 3.63) is 191 Å². The summed E-state index contributed by atoms with van der Waals surface area (Å²) in [6.45, 7) is 13.4. The number of phenols is 1. The van der Waals surface area contributed by atoms with Crippen LogP contribution in [0.4, 0.5) is 0 Å².